The van der Waals surface area contributed by atoms with Crippen molar-refractivity contribution in [1.29, 1.82) is 0 Å². The van der Waals surface area contributed by atoms with Crippen LogP contribution in [-0.2, 0) is 85.6 Å². The summed E-state index contributed by atoms with van der Waals surface area (Å²) in [5, 5.41) is 24.7. The zero-order chi connectivity index (χ0) is 73.1. The van der Waals surface area contributed by atoms with Gasteiger partial charge in [0.2, 0.25) is 29.3 Å². The number of aliphatic imine (C=N–C) groups is 2. The van der Waals surface area contributed by atoms with E-state index in [2.05, 4.69) is 47.2 Å². The molecule has 4 rings (SSSR count). The van der Waals surface area contributed by atoms with E-state index in [1.165, 1.54) is 13.0 Å². The van der Waals surface area contributed by atoms with Crippen LogP contribution in [0.25, 0.3) is 0 Å². The third kappa shape index (κ3) is 32.8. The quantitative estimate of drug-likeness (QED) is 0.0257. The molecule has 0 unspecified atom stereocenters. The van der Waals surface area contributed by atoms with Gasteiger partial charge in [0, 0.05) is 33.5 Å². The van der Waals surface area contributed by atoms with E-state index >= 15 is 0 Å². The number of halogens is 3. The third-order valence-corrected chi connectivity index (χ3v) is 11.7. The second-order valence-electron chi connectivity index (χ2n) is 23.4. The zero-order valence-electron chi connectivity index (χ0n) is 54.9. The maximum Gasteiger partial charge on any atom is 0.508 e. The Balaban J connectivity index is 0.000000948. The molecular formula is C56H89F3N12O26. The predicted octanol–water partition coefficient (Wildman–Crippen LogP) is 1.88. The van der Waals surface area contributed by atoms with E-state index in [0.717, 1.165) is 27.2 Å². The van der Waals surface area contributed by atoms with Gasteiger partial charge in [-0.2, -0.15) is 13.2 Å². The van der Waals surface area contributed by atoms with Crippen molar-refractivity contribution in [1.82, 2.24) is 37.2 Å². The summed E-state index contributed by atoms with van der Waals surface area (Å²) in [6.07, 6.45) is -15.4. The molecule has 4 heterocycles. The summed E-state index contributed by atoms with van der Waals surface area (Å²) in [6, 6.07) is -4.79. The van der Waals surface area contributed by atoms with Gasteiger partial charge in [-0.3, -0.25) is 20.2 Å². The minimum absolute atomic E-state index is 0. The largest absolute Gasteiger partial charge is 0.508 e. The van der Waals surface area contributed by atoms with Crippen LogP contribution in [0.1, 0.15) is 109 Å². The standard InChI is InChI=1S/C34H54N6O15.C19H30N6O9.C2HF3O2.CH4/c1-18(41)37-22-19(38-26(39-29(45)54-33(5,6)7)40-30(46)55-34(8,9)10)16-20(25(42)48-11)50-24(22)23(21-17-49-31(47)51-21)52-27(43)35-14-12-13-15-36-28(44)53-32(2,3)4;1-9(26)24-13-10(25-17(21)22)7-11(16(27)30-2)32-15(13)14(12-8-31-19(29)33-12)34-18(28)23-6-4-3-5-20;3-2(4,5)1(6)7;/h16,19,21-24H,12-15,17H2,1-11H3,(H,35,43)(H,36,44)(H,37,41)(H2,38,39,40,45,46);7,10,12-15H,3-6,8,20H2,1-2H3,(H,23,28)(H,24,26)(H4,21,22,25);(H,6,7);1H4/t19-,21+,22+,23+,24+;10-,12+,13+,14+,15+;;/m00../s1. The second kappa shape index (κ2) is 39.1. The van der Waals surface area contributed by atoms with Gasteiger partial charge >= 0.3 is 66.9 Å². The van der Waals surface area contributed by atoms with Gasteiger partial charge in [-0.25, -0.2) is 57.9 Å². The average Bonchev–Trinajstić information content (AvgIpc) is 1.68. The molecule has 0 radical (unpaired) electrons. The zero-order valence-corrected chi connectivity index (χ0v) is 54.9. The van der Waals surface area contributed by atoms with Gasteiger partial charge in [0.25, 0.3) is 0 Å². The number of hydrogen-bond donors (Lipinski definition) is 11. The van der Waals surface area contributed by atoms with Crippen molar-refractivity contribution in [3.63, 3.8) is 0 Å². The van der Waals surface area contributed by atoms with Crippen LogP contribution in [-0.4, -0.2) is 227 Å². The number of cyclic esters (lactones) is 4. The molecule has 0 saturated carbocycles. The van der Waals surface area contributed by atoms with E-state index in [4.69, 9.17) is 88.7 Å². The summed E-state index contributed by atoms with van der Waals surface area (Å²) in [6.45, 7) is 17.6. The number of nitrogens with zero attached hydrogens (tertiary/aromatic N) is 2. The normalized spacial score (nSPS) is 20.7. The number of carboxylic acids is 1. The Bertz CT molecular complexity index is 2840. The highest BCUT2D eigenvalue weighted by Gasteiger charge is 2.52. The second-order valence-corrected chi connectivity index (χ2v) is 23.4. The van der Waals surface area contributed by atoms with Gasteiger partial charge in [0.1, 0.15) is 30.0 Å². The molecular weight excluding hydrogens is 1310 g/mol. The molecule has 0 bridgehead atoms. The maximum atomic E-state index is 13.2. The SMILES string of the molecule is C.COC(=O)C1=C[C@H](N=C(N)N)[C@@H](NC(C)=O)[C@H]([C@H](OC(=O)NCCCCN)[C@H]2COC(=O)O2)O1.COC(=O)C1=C[C@H](N=C(NC(=O)OC(C)(C)C)NC(=O)OC(C)(C)C)[C@@H](NC(C)=O)[C@H]([C@H](OC(=O)NCCCCNC(=O)OC(C)(C)C)[C@H]2COC(=O)O2)O1.O=C(O)C(F)(F)F. The van der Waals surface area contributed by atoms with Crippen LogP contribution in [0.15, 0.2) is 33.7 Å². The predicted molar refractivity (Wildman–Crippen MR) is 326 cm³/mol. The molecule has 14 N–H and O–H groups in total. The fraction of sp³-hybridized carbons (Fsp3) is 0.679. The molecule has 0 spiro atoms. The summed E-state index contributed by atoms with van der Waals surface area (Å²) >= 11 is 0. The van der Waals surface area contributed by atoms with Gasteiger partial charge in [-0.05, 0) is 107 Å². The minimum Gasteiger partial charge on any atom is -0.477 e. The van der Waals surface area contributed by atoms with Crippen molar-refractivity contribution < 1.29 is 137 Å². The van der Waals surface area contributed by atoms with Crippen molar-refractivity contribution in [2.24, 2.45) is 27.2 Å². The first kappa shape index (κ1) is 85.0. The number of nitrogens with one attached hydrogen (secondary N) is 7. The first-order valence-corrected chi connectivity index (χ1v) is 29.1. The Morgan fingerprint density at radius 1 is 0.577 bits per heavy atom. The number of carbonyl (C=O) groups excluding carboxylic acids is 11. The molecule has 4 aliphatic rings. The van der Waals surface area contributed by atoms with Gasteiger partial charge < -0.3 is 110 Å². The van der Waals surface area contributed by atoms with E-state index in [9.17, 15) is 65.9 Å². The van der Waals surface area contributed by atoms with E-state index in [1.54, 1.807) is 62.3 Å². The lowest BCUT2D eigenvalue weighted by Crippen LogP contribution is -2.61. The summed E-state index contributed by atoms with van der Waals surface area (Å²) in [4.78, 5) is 154. The summed E-state index contributed by atoms with van der Waals surface area (Å²) in [7, 11) is 2.20. The summed E-state index contributed by atoms with van der Waals surface area (Å²) < 4.78 is 100. The molecule has 38 nitrogen and oxygen atoms in total. The molecule has 550 valence electrons. The van der Waals surface area contributed by atoms with Crippen molar-refractivity contribution >= 4 is 84.4 Å². The summed E-state index contributed by atoms with van der Waals surface area (Å²) in [5.41, 5.74) is 13.9. The molecule has 0 aromatic rings. The average molecular weight is 1400 g/mol. The Hall–Kier alpha value is -9.99. The lowest BCUT2D eigenvalue weighted by molar-refractivity contribution is -0.192. The van der Waals surface area contributed by atoms with Gasteiger partial charge in [-0.1, -0.05) is 7.43 Å². The number of aliphatic carboxylic acids is 1. The molecule has 2 saturated heterocycles. The maximum absolute atomic E-state index is 13.2. The topological polar surface area (TPSA) is 532 Å². The number of alkyl carbamates (subject to hydrolysis) is 5. The van der Waals surface area contributed by atoms with E-state index in [1.807, 2.05) is 0 Å². The van der Waals surface area contributed by atoms with Crippen LogP contribution in [0.3, 0.4) is 0 Å². The fourth-order valence-corrected chi connectivity index (χ4v) is 8.11. The van der Waals surface area contributed by atoms with Crippen molar-refractivity contribution in [2.45, 2.75) is 193 Å². The number of rotatable bonds is 21. The number of esters is 2. The van der Waals surface area contributed by atoms with Crippen LogP contribution in [0.2, 0.25) is 0 Å². The van der Waals surface area contributed by atoms with Gasteiger partial charge in [0.15, 0.2) is 42.6 Å². The highest BCUT2D eigenvalue weighted by atomic mass is 19.4. The molecule has 0 aliphatic carbocycles. The number of carbonyl (C=O) groups is 12. The van der Waals surface area contributed by atoms with E-state index in [-0.39, 0.29) is 45.4 Å². The molecule has 97 heavy (non-hydrogen) atoms. The number of unbranched alkanes of at least 4 members (excludes halogenated alkanes) is 2. The van der Waals surface area contributed by atoms with Crippen LogP contribution < -0.4 is 54.4 Å². The van der Waals surface area contributed by atoms with Crippen LogP contribution in [0.4, 0.5) is 46.7 Å². The minimum atomic E-state index is -5.08. The number of guanidine groups is 2. The van der Waals surface area contributed by atoms with Crippen LogP contribution in [0, 0.1) is 0 Å². The number of methoxy groups -OCH3 is 2. The molecule has 41 heteroatoms. The number of nitrogens with two attached hydrogens (primary N) is 3. The van der Waals surface area contributed by atoms with Gasteiger partial charge in [0.05, 0.1) is 38.4 Å². The molecule has 2 fully saturated rings. The Morgan fingerprint density at radius 3 is 1.22 bits per heavy atom. The molecule has 4 aliphatic heterocycles. The highest BCUT2D eigenvalue weighted by molar-refractivity contribution is 6.01. The van der Waals surface area contributed by atoms with E-state index < -0.39 is 175 Å². The number of hydrogen-bond acceptors (Lipinski definition) is 28. The Labute approximate surface area is 555 Å². The molecule has 10 atom stereocenters. The van der Waals surface area contributed by atoms with Crippen LogP contribution >= 0.6 is 0 Å². The smallest absolute Gasteiger partial charge is 0.477 e. The summed E-state index contributed by atoms with van der Waals surface area (Å²) in [5.74, 6) is -7.42. The first-order valence-electron chi connectivity index (χ1n) is 29.1. The first-order chi connectivity index (χ1) is 44.4. The number of ether oxygens (including phenoxy) is 13. The monoisotopic (exact) mass is 1400 g/mol. The molecule has 0 aromatic carbocycles. The third-order valence-electron chi connectivity index (χ3n) is 11.7. The Kier molecular flexibility index (Phi) is 34.3. The molecule has 7 amide bonds. The van der Waals surface area contributed by atoms with Crippen molar-refractivity contribution in [3.8, 4) is 0 Å². The van der Waals surface area contributed by atoms with Gasteiger partial charge in [-0.15, -0.1) is 0 Å². The highest BCUT2D eigenvalue weighted by Crippen LogP contribution is 2.32. The fourth-order valence-electron chi connectivity index (χ4n) is 8.11. The molecule has 0 aromatic heterocycles. The number of amides is 7. The van der Waals surface area contributed by atoms with Crippen molar-refractivity contribution in [2.75, 3.05) is 53.6 Å². The van der Waals surface area contributed by atoms with E-state index in [0.29, 0.717) is 32.2 Å². The van der Waals surface area contributed by atoms with Crippen molar-refractivity contribution in [3.05, 3.63) is 23.7 Å². The number of alkyl halides is 3. The Morgan fingerprint density at radius 2 is 0.918 bits per heavy atom. The lowest BCUT2D eigenvalue weighted by atomic mass is 9.92. The van der Waals surface area contributed by atoms with Crippen LogP contribution in [0.5, 0.6) is 0 Å². The lowest BCUT2D eigenvalue weighted by Gasteiger charge is -2.39. The number of carboxylic acid groups (broad SMARTS) is 1.